The van der Waals surface area contributed by atoms with Crippen LogP contribution >= 0.6 is 0 Å². The standard InChI is InChI=1S/C8H11NO2/c1-6-4-7(5-11-6)8(10)9(2)3/h4-5H,1-3H3. The minimum absolute atomic E-state index is 0.0261. The molecule has 0 radical (unpaired) electrons. The Labute approximate surface area is 65.6 Å². The lowest BCUT2D eigenvalue weighted by atomic mass is 10.3. The summed E-state index contributed by atoms with van der Waals surface area (Å²) in [6, 6.07) is 1.72. The fraction of sp³-hybridized carbons (Fsp3) is 0.375. The number of rotatable bonds is 1. The molecular weight excluding hydrogens is 142 g/mol. The number of aryl methyl sites for hydroxylation is 1. The van der Waals surface area contributed by atoms with E-state index < -0.39 is 0 Å². The highest BCUT2D eigenvalue weighted by Gasteiger charge is 2.09. The summed E-state index contributed by atoms with van der Waals surface area (Å²) >= 11 is 0. The van der Waals surface area contributed by atoms with Gasteiger partial charge in [0, 0.05) is 14.1 Å². The van der Waals surface area contributed by atoms with Crippen LogP contribution in [0.2, 0.25) is 0 Å². The molecular formula is C8H11NO2. The highest BCUT2D eigenvalue weighted by molar-refractivity contribution is 5.93. The summed E-state index contributed by atoms with van der Waals surface area (Å²) in [5, 5.41) is 0. The molecule has 1 rings (SSSR count). The summed E-state index contributed by atoms with van der Waals surface area (Å²) in [6.07, 6.45) is 1.47. The molecule has 0 spiro atoms. The predicted molar refractivity (Wildman–Crippen MR) is 41.5 cm³/mol. The third-order valence-electron chi connectivity index (χ3n) is 1.38. The Morgan fingerprint density at radius 2 is 2.18 bits per heavy atom. The van der Waals surface area contributed by atoms with E-state index in [4.69, 9.17) is 4.42 Å². The van der Waals surface area contributed by atoms with E-state index in [0.29, 0.717) is 5.56 Å². The maximum Gasteiger partial charge on any atom is 0.256 e. The molecule has 1 heterocycles. The van der Waals surface area contributed by atoms with Crippen molar-refractivity contribution in [3.05, 3.63) is 23.7 Å². The molecule has 1 amide bonds. The molecule has 3 nitrogen and oxygen atoms in total. The van der Waals surface area contributed by atoms with Gasteiger partial charge >= 0.3 is 0 Å². The van der Waals surface area contributed by atoms with E-state index in [1.165, 1.54) is 11.2 Å². The fourth-order valence-corrected chi connectivity index (χ4v) is 0.814. The Hall–Kier alpha value is -1.25. The molecule has 3 heteroatoms. The first-order chi connectivity index (χ1) is 5.11. The van der Waals surface area contributed by atoms with E-state index in [1.807, 2.05) is 6.92 Å². The van der Waals surface area contributed by atoms with Crippen LogP contribution < -0.4 is 0 Å². The zero-order valence-electron chi connectivity index (χ0n) is 6.92. The average molecular weight is 153 g/mol. The number of nitrogens with zero attached hydrogens (tertiary/aromatic N) is 1. The lowest BCUT2D eigenvalue weighted by molar-refractivity contribution is 0.0827. The predicted octanol–water partition coefficient (Wildman–Crippen LogP) is 1.29. The number of carbonyl (C=O) groups excluding carboxylic acids is 1. The molecule has 0 aliphatic heterocycles. The quantitative estimate of drug-likeness (QED) is 0.609. The molecule has 0 atom stereocenters. The van der Waals surface area contributed by atoms with E-state index in [0.717, 1.165) is 5.76 Å². The van der Waals surface area contributed by atoms with Gasteiger partial charge in [-0.25, -0.2) is 0 Å². The number of amides is 1. The van der Waals surface area contributed by atoms with E-state index in [-0.39, 0.29) is 5.91 Å². The molecule has 11 heavy (non-hydrogen) atoms. The molecule has 0 saturated heterocycles. The number of carbonyl (C=O) groups is 1. The van der Waals surface area contributed by atoms with Crippen LogP contribution in [0.1, 0.15) is 16.1 Å². The van der Waals surface area contributed by atoms with Gasteiger partial charge in [0.1, 0.15) is 12.0 Å². The third-order valence-corrected chi connectivity index (χ3v) is 1.38. The van der Waals surface area contributed by atoms with Gasteiger partial charge in [0.25, 0.3) is 5.91 Å². The molecule has 0 bridgehead atoms. The first kappa shape index (κ1) is 7.85. The summed E-state index contributed by atoms with van der Waals surface area (Å²) in [5.41, 5.74) is 0.604. The van der Waals surface area contributed by atoms with Crippen LogP contribution in [0.25, 0.3) is 0 Å². The molecule has 60 valence electrons. The van der Waals surface area contributed by atoms with Gasteiger partial charge in [-0.1, -0.05) is 0 Å². The highest BCUT2D eigenvalue weighted by Crippen LogP contribution is 2.07. The molecule has 1 aromatic heterocycles. The second-order valence-corrected chi connectivity index (χ2v) is 2.65. The van der Waals surface area contributed by atoms with Crippen molar-refractivity contribution < 1.29 is 9.21 Å². The molecule has 1 aromatic rings. The maximum atomic E-state index is 11.2. The molecule has 0 fully saturated rings. The van der Waals surface area contributed by atoms with Crippen LogP contribution in [0.3, 0.4) is 0 Å². The van der Waals surface area contributed by atoms with Gasteiger partial charge in [-0.05, 0) is 13.0 Å². The third kappa shape index (κ3) is 1.61. The first-order valence-electron chi connectivity index (χ1n) is 3.38. The van der Waals surface area contributed by atoms with Gasteiger partial charge in [-0.15, -0.1) is 0 Å². The van der Waals surface area contributed by atoms with Crippen LogP contribution in [0, 0.1) is 6.92 Å². The normalized spacial score (nSPS) is 9.73. The zero-order valence-corrected chi connectivity index (χ0v) is 6.92. The number of furan rings is 1. The van der Waals surface area contributed by atoms with E-state index in [2.05, 4.69) is 0 Å². The van der Waals surface area contributed by atoms with Gasteiger partial charge in [0.05, 0.1) is 5.56 Å². The number of hydrogen-bond acceptors (Lipinski definition) is 2. The Balaban J connectivity index is 2.85. The van der Waals surface area contributed by atoms with Crippen molar-refractivity contribution in [1.29, 1.82) is 0 Å². The Bertz CT molecular complexity index is 263. The minimum Gasteiger partial charge on any atom is -0.469 e. The SMILES string of the molecule is Cc1cc(C(=O)N(C)C)co1. The van der Waals surface area contributed by atoms with Crippen molar-refractivity contribution in [2.75, 3.05) is 14.1 Å². The molecule has 0 N–H and O–H groups in total. The fourth-order valence-electron chi connectivity index (χ4n) is 0.814. The van der Waals surface area contributed by atoms with E-state index >= 15 is 0 Å². The average Bonchev–Trinajstić information content (AvgIpc) is 2.34. The van der Waals surface area contributed by atoms with Gasteiger partial charge < -0.3 is 9.32 Å². The van der Waals surface area contributed by atoms with Crippen LogP contribution in [-0.2, 0) is 0 Å². The van der Waals surface area contributed by atoms with Crippen LogP contribution in [0.5, 0.6) is 0 Å². The molecule has 0 unspecified atom stereocenters. The molecule has 0 aromatic carbocycles. The summed E-state index contributed by atoms with van der Waals surface area (Å²) in [6.45, 7) is 1.81. The smallest absolute Gasteiger partial charge is 0.256 e. The Morgan fingerprint density at radius 1 is 1.55 bits per heavy atom. The van der Waals surface area contributed by atoms with Crippen LogP contribution in [0.15, 0.2) is 16.7 Å². The summed E-state index contributed by atoms with van der Waals surface area (Å²) in [4.78, 5) is 12.7. The Kier molecular flexibility index (Phi) is 1.98. The van der Waals surface area contributed by atoms with E-state index in [9.17, 15) is 4.79 Å². The van der Waals surface area contributed by atoms with Crippen molar-refractivity contribution in [2.24, 2.45) is 0 Å². The summed E-state index contributed by atoms with van der Waals surface area (Å²) in [5.74, 6) is 0.733. The van der Waals surface area contributed by atoms with Gasteiger partial charge in [-0.3, -0.25) is 4.79 Å². The molecule has 0 aliphatic rings. The van der Waals surface area contributed by atoms with Crippen molar-refractivity contribution in [3.8, 4) is 0 Å². The maximum absolute atomic E-state index is 11.2. The van der Waals surface area contributed by atoms with Gasteiger partial charge in [0.2, 0.25) is 0 Å². The zero-order chi connectivity index (χ0) is 8.43. The number of hydrogen-bond donors (Lipinski definition) is 0. The lowest BCUT2D eigenvalue weighted by Crippen LogP contribution is -2.20. The van der Waals surface area contributed by atoms with E-state index in [1.54, 1.807) is 20.2 Å². The second kappa shape index (κ2) is 2.78. The highest BCUT2D eigenvalue weighted by atomic mass is 16.3. The summed E-state index contributed by atoms with van der Waals surface area (Å²) in [7, 11) is 3.43. The van der Waals surface area contributed by atoms with Gasteiger partial charge in [0.15, 0.2) is 0 Å². The van der Waals surface area contributed by atoms with Crippen LogP contribution in [0.4, 0.5) is 0 Å². The molecule has 0 aliphatic carbocycles. The largest absolute Gasteiger partial charge is 0.469 e. The lowest BCUT2D eigenvalue weighted by Gasteiger charge is -2.06. The van der Waals surface area contributed by atoms with Crippen molar-refractivity contribution in [1.82, 2.24) is 4.90 Å². The Morgan fingerprint density at radius 3 is 2.55 bits per heavy atom. The monoisotopic (exact) mass is 153 g/mol. The second-order valence-electron chi connectivity index (χ2n) is 2.65. The molecule has 0 saturated carbocycles. The van der Waals surface area contributed by atoms with Crippen molar-refractivity contribution in [2.45, 2.75) is 6.92 Å². The van der Waals surface area contributed by atoms with Crippen LogP contribution in [-0.4, -0.2) is 24.9 Å². The van der Waals surface area contributed by atoms with Crippen molar-refractivity contribution in [3.63, 3.8) is 0 Å². The first-order valence-corrected chi connectivity index (χ1v) is 3.38. The minimum atomic E-state index is -0.0261. The topological polar surface area (TPSA) is 33.5 Å². The van der Waals surface area contributed by atoms with Crippen molar-refractivity contribution >= 4 is 5.91 Å². The van der Waals surface area contributed by atoms with Gasteiger partial charge in [-0.2, -0.15) is 0 Å². The summed E-state index contributed by atoms with van der Waals surface area (Å²) < 4.78 is 4.99.